The van der Waals surface area contributed by atoms with E-state index in [1.165, 1.54) is 18.3 Å². The van der Waals surface area contributed by atoms with Gasteiger partial charge in [0.15, 0.2) is 5.78 Å². The van der Waals surface area contributed by atoms with Crippen molar-refractivity contribution >= 4 is 11.9 Å². The first kappa shape index (κ1) is 26.1. The third kappa shape index (κ3) is 6.56. The molecule has 2 heterocycles. The van der Waals surface area contributed by atoms with Crippen LogP contribution in [0.15, 0.2) is 36.5 Å². The predicted octanol–water partition coefficient (Wildman–Crippen LogP) is 5.49. The normalized spacial score (nSPS) is 18.3. The lowest BCUT2D eigenvalue weighted by molar-refractivity contribution is -0.137. The number of rotatable bonds is 5. The van der Waals surface area contributed by atoms with Crippen LogP contribution in [-0.2, 0) is 22.1 Å². The van der Waals surface area contributed by atoms with Crippen LogP contribution in [0.5, 0.6) is 0 Å². The molecule has 0 saturated carbocycles. The summed E-state index contributed by atoms with van der Waals surface area (Å²) in [6.45, 7) is 4.78. The van der Waals surface area contributed by atoms with Crippen LogP contribution in [0, 0.1) is 11.3 Å². The van der Waals surface area contributed by atoms with Crippen LogP contribution in [0.1, 0.15) is 50.3 Å². The zero-order valence-electron chi connectivity index (χ0n) is 19.5. The van der Waals surface area contributed by atoms with E-state index in [1.54, 1.807) is 26.8 Å². The number of nitriles is 1. The number of carbonyl (C=O) groups excluding carboxylic acids is 2. The second-order valence-corrected chi connectivity index (χ2v) is 9.36. The topological polar surface area (TPSA) is 83.3 Å². The first-order valence-electron chi connectivity index (χ1n) is 11.0. The molecule has 35 heavy (non-hydrogen) atoms. The number of alkyl halides is 4. The molecule has 186 valence electrons. The van der Waals surface area contributed by atoms with E-state index in [0.29, 0.717) is 16.8 Å². The van der Waals surface area contributed by atoms with Crippen LogP contribution in [0.3, 0.4) is 0 Å². The monoisotopic (exact) mass is 491 g/mol. The number of hydrogen-bond acceptors (Lipinski definition) is 5. The van der Waals surface area contributed by atoms with Crippen molar-refractivity contribution in [2.45, 2.75) is 64.0 Å². The minimum absolute atomic E-state index is 0.0676. The van der Waals surface area contributed by atoms with Gasteiger partial charge in [-0.2, -0.15) is 18.4 Å². The number of Topliss-reactive ketones (excluding diaryl/α,β-unsaturated/α-hetero) is 1. The van der Waals surface area contributed by atoms with Gasteiger partial charge in [-0.05, 0) is 51.0 Å². The van der Waals surface area contributed by atoms with Gasteiger partial charge in [-0.25, -0.2) is 9.18 Å². The number of nitrogens with zero attached hydrogens (tertiary/aromatic N) is 3. The molecule has 3 rings (SSSR count). The Bertz CT molecular complexity index is 1130. The van der Waals surface area contributed by atoms with Crippen molar-refractivity contribution in [1.82, 2.24) is 9.88 Å². The summed E-state index contributed by atoms with van der Waals surface area (Å²) in [6, 6.07) is 7.02. The van der Waals surface area contributed by atoms with E-state index in [-0.39, 0.29) is 37.2 Å². The zero-order valence-corrected chi connectivity index (χ0v) is 19.5. The quantitative estimate of drug-likeness (QED) is 0.517. The van der Waals surface area contributed by atoms with Crippen molar-refractivity contribution in [3.05, 3.63) is 53.2 Å². The molecule has 0 N–H and O–H groups in total. The Morgan fingerprint density at radius 3 is 2.43 bits per heavy atom. The zero-order chi connectivity index (χ0) is 26.0. The number of benzene rings is 1. The number of ketones is 1. The molecule has 0 radical (unpaired) electrons. The van der Waals surface area contributed by atoms with E-state index < -0.39 is 35.6 Å². The molecular formula is C25H25F4N3O3. The molecule has 1 aliphatic rings. The third-order valence-corrected chi connectivity index (χ3v) is 5.51. The number of hydrogen-bond donors (Lipinski definition) is 0. The Morgan fingerprint density at radius 2 is 1.86 bits per heavy atom. The van der Waals surface area contributed by atoms with Crippen LogP contribution >= 0.6 is 0 Å². The van der Waals surface area contributed by atoms with Gasteiger partial charge in [0.2, 0.25) is 0 Å². The van der Waals surface area contributed by atoms with Crippen LogP contribution in [0.25, 0.3) is 11.3 Å². The number of aryl methyl sites for hydroxylation is 1. The van der Waals surface area contributed by atoms with Gasteiger partial charge in [0.1, 0.15) is 17.8 Å². The van der Waals surface area contributed by atoms with Crippen molar-refractivity contribution in [1.29, 1.82) is 5.26 Å². The largest absolute Gasteiger partial charge is 0.444 e. The number of carbonyl (C=O) groups is 2. The van der Waals surface area contributed by atoms with E-state index in [2.05, 4.69) is 4.98 Å². The summed E-state index contributed by atoms with van der Waals surface area (Å²) in [5.74, 6) is -0.368. The summed E-state index contributed by atoms with van der Waals surface area (Å²) in [7, 11) is 0. The van der Waals surface area contributed by atoms with Crippen molar-refractivity contribution in [2.24, 2.45) is 0 Å². The van der Waals surface area contributed by atoms with E-state index in [0.717, 1.165) is 17.0 Å². The number of pyridine rings is 1. The molecule has 0 bridgehead atoms. The first-order valence-corrected chi connectivity index (χ1v) is 11.0. The average molecular weight is 491 g/mol. The SMILES string of the molecule is CC(C)(C)OC(=O)N1C[C@H](F)CC1C(=O)CCc1cc(-c2ccc(C(F)(F)F)cc2)ncc1C#N. The smallest absolute Gasteiger partial charge is 0.416 e. The molecule has 0 aliphatic carbocycles. The lowest BCUT2D eigenvalue weighted by Gasteiger charge is -2.27. The molecule has 2 atom stereocenters. The number of amides is 1. The molecule has 0 spiro atoms. The minimum Gasteiger partial charge on any atom is -0.444 e. The summed E-state index contributed by atoms with van der Waals surface area (Å²) in [6.07, 6.45) is -5.35. The minimum atomic E-state index is -4.46. The molecule has 1 aromatic heterocycles. The van der Waals surface area contributed by atoms with Gasteiger partial charge in [0.25, 0.3) is 0 Å². The van der Waals surface area contributed by atoms with Crippen LogP contribution in [0.4, 0.5) is 22.4 Å². The Labute approximate surface area is 200 Å². The van der Waals surface area contributed by atoms with Gasteiger partial charge < -0.3 is 4.74 Å². The average Bonchev–Trinajstić information content (AvgIpc) is 3.17. The standard InChI is InChI=1S/C25H25F4N3O3/c1-24(2,3)35-23(34)32-14-19(26)11-21(32)22(33)9-6-16-10-20(31-13-17(16)12-30)15-4-7-18(8-5-15)25(27,28)29/h4-5,7-8,10,13,19,21H,6,9,11,14H2,1-3H3/t19-,21?/m1/s1. The number of likely N-dealkylation sites (tertiary alicyclic amines) is 1. The van der Waals surface area contributed by atoms with Crippen molar-refractivity contribution in [3.8, 4) is 17.3 Å². The maximum atomic E-state index is 14.1. The highest BCUT2D eigenvalue weighted by Crippen LogP contribution is 2.31. The lowest BCUT2D eigenvalue weighted by Crippen LogP contribution is -2.43. The number of aromatic nitrogens is 1. The molecule has 10 heteroatoms. The summed E-state index contributed by atoms with van der Waals surface area (Å²) in [5, 5.41) is 9.42. The molecule has 1 saturated heterocycles. The number of halogens is 4. The van der Waals surface area contributed by atoms with Crippen molar-refractivity contribution in [2.75, 3.05) is 6.54 Å². The van der Waals surface area contributed by atoms with Gasteiger partial charge in [0, 0.05) is 24.6 Å². The second kappa shape index (κ2) is 10.0. The molecule has 1 fully saturated rings. The Balaban J connectivity index is 1.75. The van der Waals surface area contributed by atoms with Crippen molar-refractivity contribution < 1.29 is 31.9 Å². The van der Waals surface area contributed by atoms with Crippen LogP contribution in [0.2, 0.25) is 0 Å². The highest BCUT2D eigenvalue weighted by Gasteiger charge is 2.41. The molecule has 6 nitrogen and oxygen atoms in total. The van der Waals surface area contributed by atoms with Crippen LogP contribution in [-0.4, -0.2) is 46.1 Å². The van der Waals surface area contributed by atoms with E-state index in [1.807, 2.05) is 6.07 Å². The fraction of sp³-hybridized carbons (Fsp3) is 0.440. The molecule has 1 unspecified atom stereocenters. The summed E-state index contributed by atoms with van der Waals surface area (Å²) in [5.41, 5.74) is -0.135. The molecule has 1 amide bonds. The third-order valence-electron chi connectivity index (χ3n) is 5.51. The summed E-state index contributed by atoms with van der Waals surface area (Å²) >= 11 is 0. The Kier molecular flexibility index (Phi) is 7.48. The summed E-state index contributed by atoms with van der Waals surface area (Å²) < 4.78 is 57.9. The van der Waals surface area contributed by atoms with Gasteiger partial charge in [-0.1, -0.05) is 12.1 Å². The number of ether oxygens (including phenoxy) is 1. The van der Waals surface area contributed by atoms with Crippen LogP contribution < -0.4 is 0 Å². The van der Waals surface area contributed by atoms with Gasteiger partial charge >= 0.3 is 12.3 Å². The first-order chi connectivity index (χ1) is 16.3. The highest BCUT2D eigenvalue weighted by atomic mass is 19.4. The van der Waals surface area contributed by atoms with Gasteiger partial charge in [-0.3, -0.25) is 14.7 Å². The summed E-state index contributed by atoms with van der Waals surface area (Å²) in [4.78, 5) is 30.6. The fourth-order valence-electron chi connectivity index (χ4n) is 3.83. The van der Waals surface area contributed by atoms with Gasteiger partial charge in [-0.15, -0.1) is 0 Å². The van der Waals surface area contributed by atoms with Gasteiger partial charge in [0.05, 0.1) is 29.4 Å². The highest BCUT2D eigenvalue weighted by molar-refractivity contribution is 5.88. The Morgan fingerprint density at radius 1 is 1.20 bits per heavy atom. The molecule has 2 aromatic rings. The van der Waals surface area contributed by atoms with E-state index in [4.69, 9.17) is 4.74 Å². The molecule has 1 aromatic carbocycles. The van der Waals surface area contributed by atoms with Crippen molar-refractivity contribution in [3.63, 3.8) is 0 Å². The Hall–Kier alpha value is -3.48. The predicted molar refractivity (Wildman–Crippen MR) is 119 cm³/mol. The van der Waals surface area contributed by atoms with E-state index in [9.17, 15) is 32.4 Å². The van der Waals surface area contributed by atoms with E-state index >= 15 is 0 Å². The molecular weight excluding hydrogens is 466 g/mol. The fourth-order valence-corrected chi connectivity index (χ4v) is 3.83. The second-order valence-electron chi connectivity index (χ2n) is 9.36. The lowest BCUT2D eigenvalue weighted by atomic mass is 9.98. The maximum absolute atomic E-state index is 14.1. The maximum Gasteiger partial charge on any atom is 0.416 e. The molecule has 1 aliphatic heterocycles.